The monoisotopic (exact) mass is 381 g/mol. The van der Waals surface area contributed by atoms with Gasteiger partial charge in [-0.05, 0) is 52.9 Å². The van der Waals surface area contributed by atoms with E-state index in [1.807, 2.05) is 12.1 Å². The average Bonchev–Trinajstić information content (AvgIpc) is 2.72. The number of benzene rings is 2. The summed E-state index contributed by atoms with van der Waals surface area (Å²) >= 11 is 2.30. The van der Waals surface area contributed by atoms with Crippen molar-refractivity contribution in [3.8, 4) is 11.5 Å². The van der Waals surface area contributed by atoms with Gasteiger partial charge in [0.25, 0.3) is 0 Å². The van der Waals surface area contributed by atoms with Crippen LogP contribution in [0.25, 0.3) is 0 Å². The van der Waals surface area contributed by atoms with Crippen LogP contribution in [0.4, 0.5) is 5.69 Å². The van der Waals surface area contributed by atoms with Gasteiger partial charge in [-0.2, -0.15) is 0 Å². The van der Waals surface area contributed by atoms with Crippen molar-refractivity contribution in [1.82, 2.24) is 0 Å². The first kappa shape index (κ1) is 13.5. The van der Waals surface area contributed by atoms with Crippen LogP contribution in [0, 0.1) is 3.57 Å². The first-order chi connectivity index (χ1) is 9.83. The van der Waals surface area contributed by atoms with Crippen LogP contribution in [0.3, 0.4) is 0 Å². The van der Waals surface area contributed by atoms with Gasteiger partial charge in [-0.1, -0.05) is 12.1 Å². The third kappa shape index (κ3) is 3.17. The fourth-order valence-electron chi connectivity index (χ4n) is 2.16. The Bertz CT molecular complexity index is 584. The van der Waals surface area contributed by atoms with Gasteiger partial charge in [-0.15, -0.1) is 0 Å². The van der Waals surface area contributed by atoms with Crippen molar-refractivity contribution in [1.29, 1.82) is 0 Å². The van der Waals surface area contributed by atoms with Gasteiger partial charge in [-0.3, -0.25) is 0 Å². The molecule has 0 aliphatic carbocycles. The highest BCUT2D eigenvalue weighted by atomic mass is 127. The lowest BCUT2D eigenvalue weighted by Gasteiger charge is -2.13. The molecule has 0 radical (unpaired) electrons. The Kier molecular flexibility index (Phi) is 4.30. The third-order valence-electron chi connectivity index (χ3n) is 3.18. The number of nitrogens with one attached hydrogen (secondary N) is 1. The van der Waals surface area contributed by atoms with Crippen LogP contribution in [0.15, 0.2) is 42.5 Å². The predicted molar refractivity (Wildman–Crippen MR) is 88.5 cm³/mol. The van der Waals surface area contributed by atoms with Gasteiger partial charge in [0.15, 0.2) is 11.5 Å². The van der Waals surface area contributed by atoms with Crippen LogP contribution in [-0.2, 0) is 6.54 Å². The summed E-state index contributed by atoms with van der Waals surface area (Å²) in [5, 5.41) is 3.42. The molecule has 4 heteroatoms. The molecular weight excluding hydrogens is 365 g/mol. The van der Waals surface area contributed by atoms with Crippen molar-refractivity contribution in [3.63, 3.8) is 0 Å². The summed E-state index contributed by atoms with van der Waals surface area (Å²) < 4.78 is 12.8. The van der Waals surface area contributed by atoms with Crippen LogP contribution >= 0.6 is 22.6 Å². The molecule has 0 saturated carbocycles. The highest BCUT2D eigenvalue weighted by molar-refractivity contribution is 14.1. The van der Waals surface area contributed by atoms with Gasteiger partial charge in [-0.25, -0.2) is 0 Å². The summed E-state index contributed by atoms with van der Waals surface area (Å²) in [4.78, 5) is 0. The van der Waals surface area contributed by atoms with E-state index in [0.29, 0.717) is 6.61 Å². The van der Waals surface area contributed by atoms with E-state index in [9.17, 15) is 0 Å². The molecule has 0 bridgehead atoms. The number of hydrogen-bond donors (Lipinski definition) is 1. The molecule has 1 aliphatic rings. The predicted octanol–water partition coefficient (Wildman–Crippen LogP) is 4.06. The summed E-state index contributed by atoms with van der Waals surface area (Å²) in [6.45, 7) is 2.17. The molecule has 0 fully saturated rings. The van der Waals surface area contributed by atoms with Crippen molar-refractivity contribution in [2.75, 3.05) is 18.5 Å². The first-order valence-corrected chi connectivity index (χ1v) is 7.78. The Morgan fingerprint density at radius 2 is 1.80 bits per heavy atom. The summed E-state index contributed by atoms with van der Waals surface area (Å²) in [5.41, 5.74) is 2.24. The van der Waals surface area contributed by atoms with E-state index < -0.39 is 0 Å². The number of anilines is 1. The van der Waals surface area contributed by atoms with Crippen LogP contribution in [0.5, 0.6) is 11.5 Å². The minimum atomic E-state index is 0.716. The van der Waals surface area contributed by atoms with Crippen LogP contribution in [0.2, 0.25) is 0 Å². The zero-order chi connectivity index (χ0) is 13.8. The average molecular weight is 381 g/mol. The summed E-state index contributed by atoms with van der Waals surface area (Å²) in [5.74, 6) is 1.73. The van der Waals surface area contributed by atoms with E-state index in [1.165, 1.54) is 3.57 Å². The second-order valence-electron chi connectivity index (χ2n) is 4.66. The van der Waals surface area contributed by atoms with E-state index in [2.05, 4.69) is 58.2 Å². The van der Waals surface area contributed by atoms with Crippen molar-refractivity contribution >= 4 is 28.3 Å². The van der Waals surface area contributed by atoms with E-state index in [1.54, 1.807) is 0 Å². The van der Waals surface area contributed by atoms with Crippen molar-refractivity contribution in [3.05, 3.63) is 51.6 Å². The Morgan fingerprint density at radius 3 is 2.65 bits per heavy atom. The molecule has 1 N–H and O–H groups in total. The third-order valence-corrected chi connectivity index (χ3v) is 3.90. The highest BCUT2D eigenvalue weighted by Gasteiger charge is 2.13. The summed E-state index contributed by atoms with van der Waals surface area (Å²) in [7, 11) is 0. The molecule has 104 valence electrons. The smallest absolute Gasteiger partial charge is 0.166 e. The van der Waals surface area contributed by atoms with Gasteiger partial charge in [0.05, 0.1) is 13.2 Å². The zero-order valence-corrected chi connectivity index (χ0v) is 13.2. The fourth-order valence-corrected chi connectivity index (χ4v) is 2.52. The Labute approximate surface area is 132 Å². The quantitative estimate of drug-likeness (QED) is 0.814. The van der Waals surface area contributed by atoms with E-state index in [4.69, 9.17) is 9.47 Å². The second kappa shape index (κ2) is 6.35. The van der Waals surface area contributed by atoms with Crippen LogP contribution in [0.1, 0.15) is 12.0 Å². The van der Waals surface area contributed by atoms with Gasteiger partial charge in [0.1, 0.15) is 0 Å². The molecule has 0 amide bonds. The molecule has 0 aromatic heterocycles. The summed E-state index contributed by atoms with van der Waals surface area (Å²) in [6.07, 6.45) is 0.929. The maximum atomic E-state index is 5.82. The van der Waals surface area contributed by atoms with E-state index >= 15 is 0 Å². The number of fused-ring (bicyclic) bond motifs is 1. The van der Waals surface area contributed by atoms with Crippen molar-refractivity contribution in [2.45, 2.75) is 13.0 Å². The number of ether oxygens (including phenoxy) is 2. The molecule has 0 saturated heterocycles. The van der Waals surface area contributed by atoms with Crippen molar-refractivity contribution in [2.24, 2.45) is 0 Å². The first-order valence-electron chi connectivity index (χ1n) is 6.70. The van der Waals surface area contributed by atoms with Gasteiger partial charge < -0.3 is 14.8 Å². The Morgan fingerprint density at radius 1 is 1.00 bits per heavy atom. The minimum Gasteiger partial charge on any atom is -0.490 e. The van der Waals surface area contributed by atoms with E-state index in [-0.39, 0.29) is 0 Å². The molecule has 3 rings (SSSR count). The zero-order valence-electron chi connectivity index (χ0n) is 11.1. The normalized spacial score (nSPS) is 13.7. The molecular formula is C16H16INO2. The minimum absolute atomic E-state index is 0.716. The number of halogens is 1. The second-order valence-corrected chi connectivity index (χ2v) is 5.90. The maximum Gasteiger partial charge on any atom is 0.166 e. The lowest BCUT2D eigenvalue weighted by Crippen LogP contribution is -2.03. The molecule has 2 aromatic carbocycles. The lowest BCUT2D eigenvalue weighted by molar-refractivity contribution is 0.296. The molecule has 20 heavy (non-hydrogen) atoms. The maximum absolute atomic E-state index is 5.82. The lowest BCUT2D eigenvalue weighted by atomic mass is 10.1. The van der Waals surface area contributed by atoms with Crippen molar-refractivity contribution < 1.29 is 9.47 Å². The van der Waals surface area contributed by atoms with E-state index in [0.717, 1.165) is 42.3 Å². The molecule has 0 atom stereocenters. The molecule has 1 heterocycles. The topological polar surface area (TPSA) is 30.5 Å². The van der Waals surface area contributed by atoms with Gasteiger partial charge >= 0.3 is 0 Å². The fraction of sp³-hybridized carbons (Fsp3) is 0.250. The number of hydrogen-bond acceptors (Lipinski definition) is 3. The standard InChI is InChI=1S/C16H16INO2/c17-13-5-7-14(8-6-13)18-11-12-3-1-4-15-16(12)20-10-2-9-19-15/h1,3-8,18H,2,9-11H2. The van der Waals surface area contributed by atoms with Crippen LogP contribution in [-0.4, -0.2) is 13.2 Å². The van der Waals surface area contributed by atoms with Gasteiger partial charge in [0.2, 0.25) is 0 Å². The number of rotatable bonds is 3. The Hall–Kier alpha value is -1.43. The largest absolute Gasteiger partial charge is 0.490 e. The highest BCUT2D eigenvalue weighted by Crippen LogP contribution is 2.33. The van der Waals surface area contributed by atoms with Crippen LogP contribution < -0.4 is 14.8 Å². The van der Waals surface area contributed by atoms with Gasteiger partial charge in [0, 0.05) is 27.8 Å². The molecule has 2 aromatic rings. The Balaban J connectivity index is 1.75. The molecule has 0 spiro atoms. The number of para-hydroxylation sites is 1. The summed E-state index contributed by atoms with van der Waals surface area (Å²) in [6, 6.07) is 14.4. The molecule has 3 nitrogen and oxygen atoms in total. The SMILES string of the molecule is Ic1ccc(NCc2cccc3c2OCCCO3)cc1. The molecule has 0 unspecified atom stereocenters. The molecule has 1 aliphatic heterocycles.